The Labute approximate surface area is 191 Å². The van der Waals surface area contributed by atoms with Gasteiger partial charge in [-0.3, -0.25) is 9.59 Å². The molecule has 0 saturated carbocycles. The second-order valence-corrected chi connectivity index (χ2v) is 7.52. The van der Waals surface area contributed by atoms with Crippen molar-refractivity contribution in [3.05, 3.63) is 77.6 Å². The molecule has 176 valence electrons. The number of carbonyl (C=O) groups excluding carboxylic acids is 2. The van der Waals surface area contributed by atoms with E-state index < -0.39 is 35.3 Å². The molecule has 1 atom stereocenters. The molecule has 0 aliphatic carbocycles. The highest BCUT2D eigenvalue weighted by atomic mass is 19.4. The molecule has 0 fully saturated rings. The molecule has 0 bridgehead atoms. The SMILES string of the molecule is COc1cccc(Oc2ccc(C(F)(F)F)cc2NC(=O)[C@@H]2CC(=O)Nc3cc(F)ccc32)c1. The summed E-state index contributed by atoms with van der Waals surface area (Å²) in [6.07, 6.45) is -4.92. The number of ether oxygens (including phenoxy) is 2. The lowest BCUT2D eigenvalue weighted by molar-refractivity contribution is -0.137. The summed E-state index contributed by atoms with van der Waals surface area (Å²) in [5, 5.41) is 4.94. The van der Waals surface area contributed by atoms with Gasteiger partial charge in [-0.15, -0.1) is 0 Å². The van der Waals surface area contributed by atoms with Gasteiger partial charge in [-0.1, -0.05) is 12.1 Å². The molecule has 34 heavy (non-hydrogen) atoms. The quantitative estimate of drug-likeness (QED) is 0.465. The fraction of sp³-hybridized carbons (Fsp3) is 0.167. The average Bonchev–Trinajstić information content (AvgIpc) is 2.78. The fourth-order valence-corrected chi connectivity index (χ4v) is 3.58. The van der Waals surface area contributed by atoms with Gasteiger partial charge in [0.15, 0.2) is 5.75 Å². The van der Waals surface area contributed by atoms with E-state index in [1.54, 1.807) is 18.2 Å². The Bertz CT molecular complexity index is 1260. The molecule has 0 unspecified atom stereocenters. The number of halogens is 4. The number of alkyl halides is 3. The predicted octanol–water partition coefficient (Wildman–Crippen LogP) is 5.71. The van der Waals surface area contributed by atoms with E-state index >= 15 is 0 Å². The molecule has 1 aliphatic rings. The van der Waals surface area contributed by atoms with E-state index in [1.807, 2.05) is 0 Å². The highest BCUT2D eigenvalue weighted by Crippen LogP contribution is 2.39. The molecule has 2 amide bonds. The lowest BCUT2D eigenvalue weighted by Crippen LogP contribution is -2.31. The molecule has 0 aromatic heterocycles. The van der Waals surface area contributed by atoms with Gasteiger partial charge in [0, 0.05) is 18.2 Å². The van der Waals surface area contributed by atoms with Gasteiger partial charge >= 0.3 is 6.18 Å². The summed E-state index contributed by atoms with van der Waals surface area (Å²) in [5.74, 6) is -2.21. The van der Waals surface area contributed by atoms with Crippen LogP contribution in [0.15, 0.2) is 60.7 Å². The van der Waals surface area contributed by atoms with Crippen LogP contribution in [0.2, 0.25) is 0 Å². The third-order valence-corrected chi connectivity index (χ3v) is 5.20. The van der Waals surface area contributed by atoms with E-state index in [4.69, 9.17) is 9.47 Å². The molecule has 2 N–H and O–H groups in total. The van der Waals surface area contributed by atoms with Gasteiger partial charge in [0.25, 0.3) is 0 Å². The second-order valence-electron chi connectivity index (χ2n) is 7.52. The van der Waals surface area contributed by atoms with E-state index in [1.165, 1.54) is 19.2 Å². The Kier molecular flexibility index (Phi) is 6.14. The van der Waals surface area contributed by atoms with Crippen molar-refractivity contribution in [2.75, 3.05) is 17.7 Å². The van der Waals surface area contributed by atoms with Crippen LogP contribution in [0.3, 0.4) is 0 Å². The maximum atomic E-state index is 13.6. The van der Waals surface area contributed by atoms with Crippen molar-refractivity contribution in [3.63, 3.8) is 0 Å². The largest absolute Gasteiger partial charge is 0.497 e. The minimum atomic E-state index is -4.66. The molecular weight excluding hydrogens is 456 g/mol. The van der Waals surface area contributed by atoms with Crippen LogP contribution in [0.4, 0.5) is 28.9 Å². The van der Waals surface area contributed by atoms with Crippen LogP contribution >= 0.6 is 0 Å². The average molecular weight is 474 g/mol. The summed E-state index contributed by atoms with van der Waals surface area (Å²) in [4.78, 5) is 25.1. The smallest absolute Gasteiger partial charge is 0.416 e. The van der Waals surface area contributed by atoms with Gasteiger partial charge in [0.1, 0.15) is 17.3 Å². The molecule has 4 rings (SSSR count). The number of anilines is 2. The molecule has 6 nitrogen and oxygen atoms in total. The Balaban J connectivity index is 1.68. The van der Waals surface area contributed by atoms with Crippen LogP contribution in [0.1, 0.15) is 23.5 Å². The Morgan fingerprint density at radius 2 is 1.82 bits per heavy atom. The molecule has 0 spiro atoms. The van der Waals surface area contributed by atoms with Crippen molar-refractivity contribution in [1.29, 1.82) is 0 Å². The zero-order chi connectivity index (χ0) is 24.5. The summed E-state index contributed by atoms with van der Waals surface area (Å²) >= 11 is 0. The Morgan fingerprint density at radius 3 is 2.56 bits per heavy atom. The summed E-state index contributed by atoms with van der Waals surface area (Å²) in [6.45, 7) is 0. The number of hydrogen-bond donors (Lipinski definition) is 2. The third kappa shape index (κ3) is 4.95. The standard InChI is InChI=1S/C24H18F4N2O4/c1-33-15-3-2-4-16(11-15)34-21-8-5-13(24(26,27)28)9-20(21)30-23(32)18-12-22(31)29-19-10-14(25)6-7-17(18)19/h2-11,18H,12H2,1H3,(H,29,31)(H,30,32)/t18-/m1/s1. The van der Waals surface area contributed by atoms with Gasteiger partial charge in [0.05, 0.1) is 24.3 Å². The highest BCUT2D eigenvalue weighted by Gasteiger charge is 2.34. The van der Waals surface area contributed by atoms with Crippen LogP contribution in [-0.4, -0.2) is 18.9 Å². The van der Waals surface area contributed by atoms with Crippen LogP contribution < -0.4 is 20.1 Å². The minimum absolute atomic E-state index is 0.0470. The maximum absolute atomic E-state index is 13.6. The van der Waals surface area contributed by atoms with E-state index in [2.05, 4.69) is 10.6 Å². The van der Waals surface area contributed by atoms with Crippen molar-refractivity contribution in [3.8, 4) is 17.2 Å². The summed E-state index contributed by atoms with van der Waals surface area (Å²) in [5.41, 5.74) is -0.754. The zero-order valence-corrected chi connectivity index (χ0v) is 17.7. The number of methoxy groups -OCH3 is 1. The van der Waals surface area contributed by atoms with Crippen molar-refractivity contribution < 1.29 is 36.6 Å². The van der Waals surface area contributed by atoms with Gasteiger partial charge in [-0.05, 0) is 48.0 Å². The molecule has 1 aliphatic heterocycles. The summed E-state index contributed by atoms with van der Waals surface area (Å²) in [7, 11) is 1.45. The summed E-state index contributed by atoms with van der Waals surface area (Å²) in [6, 6.07) is 12.6. The normalized spacial score (nSPS) is 15.2. The number of rotatable bonds is 5. The lowest BCUT2D eigenvalue weighted by Gasteiger charge is -2.25. The molecular formula is C24H18F4N2O4. The third-order valence-electron chi connectivity index (χ3n) is 5.20. The van der Waals surface area contributed by atoms with Crippen molar-refractivity contribution >= 4 is 23.2 Å². The van der Waals surface area contributed by atoms with Gasteiger partial charge in [-0.25, -0.2) is 4.39 Å². The van der Waals surface area contributed by atoms with E-state index in [-0.39, 0.29) is 29.3 Å². The van der Waals surface area contributed by atoms with E-state index in [0.717, 1.165) is 30.3 Å². The Hall–Kier alpha value is -4.08. The molecule has 3 aromatic carbocycles. The van der Waals surface area contributed by atoms with Crippen molar-refractivity contribution in [1.82, 2.24) is 0 Å². The van der Waals surface area contributed by atoms with Gasteiger partial charge < -0.3 is 20.1 Å². The van der Waals surface area contributed by atoms with Gasteiger partial charge in [-0.2, -0.15) is 13.2 Å². The Morgan fingerprint density at radius 1 is 1.06 bits per heavy atom. The lowest BCUT2D eigenvalue weighted by atomic mass is 9.89. The number of fused-ring (bicyclic) bond motifs is 1. The van der Waals surface area contributed by atoms with Gasteiger partial charge in [0.2, 0.25) is 11.8 Å². The first-order chi connectivity index (χ1) is 16.1. The first-order valence-electron chi connectivity index (χ1n) is 10.1. The second kappa shape index (κ2) is 9.05. The van der Waals surface area contributed by atoms with E-state index in [9.17, 15) is 27.2 Å². The first-order valence-corrected chi connectivity index (χ1v) is 10.1. The van der Waals surface area contributed by atoms with Crippen LogP contribution in [0.5, 0.6) is 17.2 Å². The molecule has 3 aromatic rings. The van der Waals surface area contributed by atoms with E-state index in [0.29, 0.717) is 11.3 Å². The predicted molar refractivity (Wildman–Crippen MR) is 116 cm³/mol. The monoisotopic (exact) mass is 474 g/mol. The number of benzene rings is 3. The van der Waals surface area contributed by atoms with Crippen LogP contribution in [0, 0.1) is 5.82 Å². The van der Waals surface area contributed by atoms with Crippen LogP contribution in [-0.2, 0) is 15.8 Å². The summed E-state index contributed by atoms with van der Waals surface area (Å²) < 4.78 is 64.5. The number of amides is 2. The molecule has 10 heteroatoms. The first kappa shape index (κ1) is 23.1. The van der Waals surface area contributed by atoms with Crippen molar-refractivity contribution in [2.45, 2.75) is 18.5 Å². The minimum Gasteiger partial charge on any atom is -0.497 e. The highest BCUT2D eigenvalue weighted by molar-refractivity contribution is 6.05. The maximum Gasteiger partial charge on any atom is 0.416 e. The number of hydrogen-bond acceptors (Lipinski definition) is 4. The zero-order valence-electron chi connectivity index (χ0n) is 17.7. The molecule has 0 radical (unpaired) electrons. The topological polar surface area (TPSA) is 76.7 Å². The van der Waals surface area contributed by atoms with Crippen molar-refractivity contribution in [2.24, 2.45) is 0 Å². The molecule has 1 heterocycles. The number of nitrogens with one attached hydrogen (secondary N) is 2. The number of carbonyl (C=O) groups is 2. The molecule has 0 saturated heterocycles. The fourth-order valence-electron chi connectivity index (χ4n) is 3.58. The van der Waals surface area contributed by atoms with Crippen LogP contribution in [0.25, 0.3) is 0 Å².